The number of piperidine rings is 1. The Labute approximate surface area is 189 Å². The topological polar surface area (TPSA) is 85.5 Å². The van der Waals surface area contributed by atoms with E-state index in [1.54, 1.807) is 19.1 Å². The van der Waals surface area contributed by atoms with Crippen LogP contribution >= 0.6 is 0 Å². The number of fused-ring (bicyclic) bond motifs is 1. The maximum atomic E-state index is 12.9. The number of para-hydroxylation sites is 1. The summed E-state index contributed by atoms with van der Waals surface area (Å²) < 4.78 is 26.3. The van der Waals surface area contributed by atoms with Gasteiger partial charge in [-0.3, -0.25) is 9.69 Å². The van der Waals surface area contributed by atoms with Crippen LogP contribution in [0.5, 0.6) is 0 Å². The Morgan fingerprint density at radius 1 is 1.16 bits per heavy atom. The van der Waals surface area contributed by atoms with Gasteiger partial charge in [-0.1, -0.05) is 30.7 Å². The molecule has 0 spiro atoms. The van der Waals surface area contributed by atoms with Gasteiger partial charge in [-0.25, -0.2) is 12.7 Å². The summed E-state index contributed by atoms with van der Waals surface area (Å²) in [5.74, 6) is -0.148. The predicted molar refractivity (Wildman–Crippen MR) is 127 cm³/mol. The molecule has 1 amide bonds. The molecule has 1 aliphatic rings. The molecule has 0 radical (unpaired) electrons. The molecule has 0 saturated carbocycles. The van der Waals surface area contributed by atoms with Crippen LogP contribution in [0.1, 0.15) is 36.6 Å². The van der Waals surface area contributed by atoms with E-state index >= 15 is 0 Å². The molecule has 1 fully saturated rings. The summed E-state index contributed by atoms with van der Waals surface area (Å²) in [5.41, 5.74) is 3.37. The van der Waals surface area contributed by atoms with Crippen LogP contribution in [0.2, 0.25) is 0 Å². The minimum atomic E-state index is -3.58. The summed E-state index contributed by atoms with van der Waals surface area (Å²) in [6.45, 7) is 2.85. The SMILES string of the molecule is Cc1ccc(NC(=O)CN2CCCCC2c2cc3ccccc3[nH]2)cc1S(=O)(=O)N(C)C. The number of rotatable bonds is 6. The molecule has 2 heterocycles. The van der Waals surface area contributed by atoms with Crippen molar-refractivity contribution in [2.75, 3.05) is 32.5 Å². The zero-order valence-electron chi connectivity index (χ0n) is 18.8. The number of aromatic amines is 1. The van der Waals surface area contributed by atoms with Crippen molar-refractivity contribution in [1.82, 2.24) is 14.2 Å². The van der Waals surface area contributed by atoms with Gasteiger partial charge < -0.3 is 10.3 Å². The number of hydrogen-bond acceptors (Lipinski definition) is 4. The molecule has 1 aliphatic heterocycles. The number of aryl methyl sites for hydroxylation is 1. The van der Waals surface area contributed by atoms with E-state index in [1.807, 2.05) is 12.1 Å². The molecule has 1 saturated heterocycles. The zero-order chi connectivity index (χ0) is 22.9. The number of hydrogen-bond donors (Lipinski definition) is 2. The Bertz CT molecular complexity index is 1200. The third-order valence-corrected chi connectivity index (χ3v) is 8.06. The molecule has 2 N–H and O–H groups in total. The number of sulfonamides is 1. The standard InChI is InChI=1S/C24H30N4O3S/c1-17-11-12-19(15-23(17)32(30,31)27(2)3)25-24(29)16-28-13-7-6-10-22(28)21-14-18-8-4-5-9-20(18)26-21/h4-5,8-9,11-12,14-15,22,26H,6-7,10,13,16H2,1-3H3,(H,25,29). The first-order valence-electron chi connectivity index (χ1n) is 10.9. The van der Waals surface area contributed by atoms with E-state index in [1.165, 1.54) is 29.9 Å². The van der Waals surface area contributed by atoms with Crippen LogP contribution in [-0.2, 0) is 14.8 Å². The third-order valence-electron chi connectivity index (χ3n) is 6.10. The Morgan fingerprint density at radius 3 is 2.69 bits per heavy atom. The summed E-state index contributed by atoms with van der Waals surface area (Å²) in [5, 5.41) is 4.07. The van der Waals surface area contributed by atoms with E-state index in [4.69, 9.17) is 0 Å². The first kappa shape index (κ1) is 22.5. The zero-order valence-corrected chi connectivity index (χ0v) is 19.6. The van der Waals surface area contributed by atoms with Crippen LogP contribution < -0.4 is 5.32 Å². The molecule has 170 valence electrons. The van der Waals surface area contributed by atoms with Crippen LogP contribution in [0, 0.1) is 6.92 Å². The Morgan fingerprint density at radius 2 is 1.94 bits per heavy atom. The van der Waals surface area contributed by atoms with E-state index in [0.29, 0.717) is 11.3 Å². The molecule has 0 bridgehead atoms. The van der Waals surface area contributed by atoms with Gasteiger partial charge in [0.2, 0.25) is 15.9 Å². The molecular formula is C24H30N4O3S. The highest BCUT2D eigenvalue weighted by molar-refractivity contribution is 7.89. The number of aromatic nitrogens is 1. The Hall–Kier alpha value is -2.68. The van der Waals surface area contributed by atoms with E-state index in [0.717, 1.165) is 37.0 Å². The monoisotopic (exact) mass is 454 g/mol. The van der Waals surface area contributed by atoms with E-state index < -0.39 is 10.0 Å². The minimum Gasteiger partial charge on any atom is -0.357 e. The number of benzene rings is 2. The number of likely N-dealkylation sites (tertiary alicyclic amines) is 1. The number of carbonyl (C=O) groups is 1. The fourth-order valence-corrected chi connectivity index (χ4v) is 5.49. The van der Waals surface area contributed by atoms with E-state index in [-0.39, 0.29) is 23.4 Å². The molecule has 4 rings (SSSR count). The van der Waals surface area contributed by atoms with Gasteiger partial charge in [0.1, 0.15) is 0 Å². The lowest BCUT2D eigenvalue weighted by molar-refractivity contribution is -0.118. The maximum Gasteiger partial charge on any atom is 0.242 e. The van der Waals surface area contributed by atoms with Gasteiger partial charge in [-0.15, -0.1) is 0 Å². The fraction of sp³-hybridized carbons (Fsp3) is 0.375. The van der Waals surface area contributed by atoms with E-state index in [9.17, 15) is 13.2 Å². The number of nitrogens with zero attached hydrogens (tertiary/aromatic N) is 2. The lowest BCUT2D eigenvalue weighted by Crippen LogP contribution is -2.39. The molecule has 1 atom stereocenters. The van der Waals surface area contributed by atoms with Crippen LogP contribution in [0.4, 0.5) is 5.69 Å². The van der Waals surface area contributed by atoms with Gasteiger partial charge in [0, 0.05) is 31.0 Å². The molecule has 1 unspecified atom stereocenters. The van der Waals surface area contributed by atoms with Crippen LogP contribution in [0.3, 0.4) is 0 Å². The number of anilines is 1. The van der Waals surface area contributed by atoms with Crippen molar-refractivity contribution in [2.45, 2.75) is 37.1 Å². The van der Waals surface area contributed by atoms with Crippen molar-refractivity contribution in [2.24, 2.45) is 0 Å². The minimum absolute atomic E-state index is 0.148. The quantitative estimate of drug-likeness (QED) is 0.592. The molecule has 7 nitrogen and oxygen atoms in total. The molecular weight excluding hydrogens is 424 g/mol. The summed E-state index contributed by atoms with van der Waals surface area (Å²) in [6, 6.07) is 15.5. The number of nitrogens with one attached hydrogen (secondary N) is 2. The van der Waals surface area contributed by atoms with Crippen LogP contribution in [0.15, 0.2) is 53.4 Å². The molecule has 0 aliphatic carbocycles. The fourth-order valence-electron chi connectivity index (χ4n) is 4.35. The van der Waals surface area contributed by atoms with Crippen molar-refractivity contribution in [3.05, 3.63) is 59.8 Å². The third kappa shape index (κ3) is 4.57. The second-order valence-corrected chi connectivity index (χ2v) is 10.7. The highest BCUT2D eigenvalue weighted by Gasteiger charge is 2.27. The van der Waals surface area contributed by atoms with Crippen molar-refractivity contribution in [1.29, 1.82) is 0 Å². The average molecular weight is 455 g/mol. The van der Waals surface area contributed by atoms with Gasteiger partial charge in [0.25, 0.3) is 0 Å². The summed E-state index contributed by atoms with van der Waals surface area (Å²) in [4.78, 5) is 18.8. The van der Waals surface area contributed by atoms with Crippen molar-refractivity contribution in [3.8, 4) is 0 Å². The summed E-state index contributed by atoms with van der Waals surface area (Å²) in [6.07, 6.45) is 3.18. The predicted octanol–water partition coefficient (Wildman–Crippen LogP) is 3.89. The van der Waals surface area contributed by atoms with Crippen LogP contribution in [0.25, 0.3) is 10.9 Å². The van der Waals surface area contributed by atoms with Crippen molar-refractivity contribution in [3.63, 3.8) is 0 Å². The number of carbonyl (C=O) groups excluding carboxylic acids is 1. The lowest BCUT2D eigenvalue weighted by atomic mass is 9.99. The Kier molecular flexibility index (Phi) is 6.37. The van der Waals surface area contributed by atoms with Crippen molar-refractivity contribution < 1.29 is 13.2 Å². The van der Waals surface area contributed by atoms with Crippen LogP contribution in [-0.4, -0.2) is 55.7 Å². The molecule has 8 heteroatoms. The van der Waals surface area contributed by atoms with Gasteiger partial charge in [-0.05, 0) is 61.5 Å². The Balaban J connectivity index is 1.50. The van der Waals surface area contributed by atoms with Gasteiger partial charge in [0.05, 0.1) is 17.5 Å². The molecule has 32 heavy (non-hydrogen) atoms. The average Bonchev–Trinajstić information content (AvgIpc) is 3.19. The second kappa shape index (κ2) is 9.05. The lowest BCUT2D eigenvalue weighted by Gasteiger charge is -2.34. The molecule has 2 aromatic carbocycles. The normalized spacial score (nSPS) is 17.7. The van der Waals surface area contributed by atoms with Gasteiger partial charge >= 0.3 is 0 Å². The second-order valence-electron chi connectivity index (χ2n) is 8.61. The largest absolute Gasteiger partial charge is 0.357 e. The highest BCUT2D eigenvalue weighted by atomic mass is 32.2. The number of H-pyrrole nitrogens is 1. The smallest absolute Gasteiger partial charge is 0.242 e. The maximum absolute atomic E-state index is 12.9. The summed E-state index contributed by atoms with van der Waals surface area (Å²) in [7, 11) is -0.582. The highest BCUT2D eigenvalue weighted by Crippen LogP contribution is 2.32. The van der Waals surface area contributed by atoms with Gasteiger partial charge in [0.15, 0.2) is 0 Å². The molecule has 1 aromatic heterocycles. The number of amides is 1. The first-order chi connectivity index (χ1) is 15.3. The van der Waals surface area contributed by atoms with Gasteiger partial charge in [-0.2, -0.15) is 0 Å². The van der Waals surface area contributed by atoms with E-state index in [2.05, 4.69) is 33.4 Å². The first-order valence-corrected chi connectivity index (χ1v) is 12.3. The van der Waals surface area contributed by atoms with Crippen molar-refractivity contribution >= 4 is 32.5 Å². The molecule has 3 aromatic rings. The summed E-state index contributed by atoms with van der Waals surface area (Å²) >= 11 is 0.